The molecule has 9 heteroatoms. The molecular weight excluding hydrogens is 470 g/mol. The number of thiophene rings is 1. The minimum absolute atomic E-state index is 0.0503. The van der Waals surface area contributed by atoms with Crippen molar-refractivity contribution in [3.63, 3.8) is 0 Å². The van der Waals surface area contributed by atoms with Gasteiger partial charge in [-0.05, 0) is 66.6 Å². The van der Waals surface area contributed by atoms with Gasteiger partial charge in [0.05, 0.1) is 4.90 Å². The quantitative estimate of drug-likeness (QED) is 0.355. The van der Waals surface area contributed by atoms with Crippen LogP contribution in [-0.4, -0.2) is 19.7 Å². The predicted molar refractivity (Wildman–Crippen MR) is 129 cm³/mol. The highest BCUT2D eigenvalue weighted by Gasteiger charge is 2.23. The highest BCUT2D eigenvalue weighted by Crippen LogP contribution is 2.42. The van der Waals surface area contributed by atoms with Gasteiger partial charge in [0.1, 0.15) is 5.69 Å². The molecule has 3 rings (SSSR count). The topological polar surface area (TPSA) is 92.7 Å². The lowest BCUT2D eigenvalue weighted by Gasteiger charge is -2.12. The van der Waals surface area contributed by atoms with Crippen molar-refractivity contribution < 1.29 is 23.1 Å². The van der Waals surface area contributed by atoms with E-state index in [1.165, 1.54) is 11.6 Å². The van der Waals surface area contributed by atoms with Crippen molar-refractivity contribution >= 4 is 44.8 Å². The molecule has 0 aliphatic heterocycles. The van der Waals surface area contributed by atoms with Crippen molar-refractivity contribution in [2.45, 2.75) is 39.0 Å². The molecule has 3 aromatic rings. The predicted octanol–water partition coefficient (Wildman–Crippen LogP) is 6.74. The monoisotopic (exact) mass is 493 g/mol. The summed E-state index contributed by atoms with van der Waals surface area (Å²) >= 11 is 7.15. The van der Waals surface area contributed by atoms with E-state index in [4.69, 9.17) is 21.4 Å². The summed E-state index contributed by atoms with van der Waals surface area (Å²) in [5, 5.41) is 9.53. The lowest BCUT2D eigenvalue weighted by atomic mass is 10.0. The first kappa shape index (κ1) is 24.1. The molecule has 0 saturated heterocycles. The molecular formula is C23H24ClNO5S2. The van der Waals surface area contributed by atoms with Gasteiger partial charge >= 0.3 is 6.16 Å². The fourth-order valence-electron chi connectivity index (χ4n) is 3.26. The molecule has 0 fully saturated rings. The van der Waals surface area contributed by atoms with Gasteiger partial charge in [-0.2, -0.15) is 0 Å². The molecule has 2 N–H and O–H groups in total. The van der Waals surface area contributed by atoms with Gasteiger partial charge in [0.25, 0.3) is 10.0 Å². The minimum atomic E-state index is -4.01. The van der Waals surface area contributed by atoms with Gasteiger partial charge in [-0.25, -0.2) is 13.2 Å². The molecule has 0 unspecified atom stereocenters. The Bertz CT molecular complexity index is 1250. The summed E-state index contributed by atoms with van der Waals surface area (Å²) in [7, 11) is -4.01. The summed E-state index contributed by atoms with van der Waals surface area (Å²) in [4.78, 5) is 11.9. The number of rotatable bonds is 7. The van der Waals surface area contributed by atoms with E-state index >= 15 is 0 Å². The molecule has 0 aliphatic rings. The summed E-state index contributed by atoms with van der Waals surface area (Å²) in [6, 6.07) is 12.5. The number of aryl methyl sites for hydroxylation is 2. The summed E-state index contributed by atoms with van der Waals surface area (Å²) in [6.45, 7) is 7.65. The molecule has 1 heterocycles. The van der Waals surface area contributed by atoms with Gasteiger partial charge in [-0.3, -0.25) is 4.72 Å². The van der Waals surface area contributed by atoms with E-state index in [9.17, 15) is 13.2 Å². The lowest BCUT2D eigenvalue weighted by molar-refractivity contribution is 0.146. The Hall–Kier alpha value is -2.55. The maximum Gasteiger partial charge on any atom is 0.512 e. The van der Waals surface area contributed by atoms with Crippen molar-refractivity contribution in [2.75, 3.05) is 4.72 Å². The second-order valence-electron chi connectivity index (χ2n) is 7.95. The number of halogens is 1. The summed E-state index contributed by atoms with van der Waals surface area (Å²) in [5.74, 6) is 0.527. The maximum atomic E-state index is 13.1. The van der Waals surface area contributed by atoms with Crippen molar-refractivity contribution in [3.05, 3.63) is 64.2 Å². The summed E-state index contributed by atoms with van der Waals surface area (Å²) in [5.41, 5.74) is 3.18. The zero-order valence-corrected chi connectivity index (χ0v) is 20.5. The zero-order valence-electron chi connectivity index (χ0n) is 18.1. The number of carbonyl (C=O) groups is 1. The molecule has 1 aromatic heterocycles. The van der Waals surface area contributed by atoms with Crippen LogP contribution in [0.4, 0.5) is 10.5 Å². The Morgan fingerprint density at radius 3 is 2.38 bits per heavy atom. The number of carboxylic acid groups (broad SMARTS) is 1. The average molecular weight is 494 g/mol. The van der Waals surface area contributed by atoms with Gasteiger partial charge < -0.3 is 9.84 Å². The molecule has 0 amide bonds. The molecule has 2 aromatic carbocycles. The highest BCUT2D eigenvalue weighted by atomic mass is 35.5. The number of benzene rings is 2. The van der Waals surface area contributed by atoms with Crippen molar-refractivity contribution in [1.82, 2.24) is 0 Å². The molecule has 0 spiro atoms. The number of hydrogen-bond acceptors (Lipinski definition) is 5. The SMILES string of the molecule is Cc1cc(S(=O)(=O)Nc2cc(-c3ccc(CC(C)C)cc3)sc2OC(=O)O)c(C)cc1Cl. The number of anilines is 1. The van der Waals surface area contributed by atoms with Gasteiger partial charge in [0, 0.05) is 9.90 Å². The first-order chi connectivity index (χ1) is 15.0. The van der Waals surface area contributed by atoms with E-state index in [1.54, 1.807) is 26.0 Å². The number of nitrogens with one attached hydrogen (secondary N) is 1. The van der Waals surface area contributed by atoms with Crippen LogP contribution in [-0.2, 0) is 16.4 Å². The maximum absolute atomic E-state index is 13.1. The highest BCUT2D eigenvalue weighted by molar-refractivity contribution is 7.92. The second-order valence-corrected chi connectivity index (χ2v) is 11.0. The Morgan fingerprint density at radius 1 is 1.12 bits per heavy atom. The number of ether oxygens (including phenoxy) is 1. The van der Waals surface area contributed by atoms with Crippen LogP contribution in [0, 0.1) is 19.8 Å². The van der Waals surface area contributed by atoms with Gasteiger partial charge in [0.15, 0.2) is 0 Å². The molecule has 32 heavy (non-hydrogen) atoms. The molecule has 0 atom stereocenters. The lowest BCUT2D eigenvalue weighted by Crippen LogP contribution is -2.15. The first-order valence-corrected chi connectivity index (χ1v) is 12.6. The fraction of sp³-hybridized carbons (Fsp3) is 0.261. The van der Waals surface area contributed by atoms with Crippen molar-refractivity contribution in [1.29, 1.82) is 0 Å². The Morgan fingerprint density at radius 2 is 1.78 bits per heavy atom. The minimum Gasteiger partial charge on any atom is -0.449 e. The van der Waals surface area contributed by atoms with E-state index in [0.29, 0.717) is 26.9 Å². The first-order valence-electron chi connectivity index (χ1n) is 9.89. The molecule has 0 bridgehead atoms. The zero-order chi connectivity index (χ0) is 23.6. The number of hydrogen-bond donors (Lipinski definition) is 2. The third kappa shape index (κ3) is 5.62. The van der Waals surface area contributed by atoms with Crippen LogP contribution in [0.3, 0.4) is 0 Å². The van der Waals surface area contributed by atoms with E-state index < -0.39 is 16.2 Å². The molecule has 0 radical (unpaired) electrons. The van der Waals surface area contributed by atoms with E-state index in [0.717, 1.165) is 23.3 Å². The summed E-state index contributed by atoms with van der Waals surface area (Å²) < 4.78 is 33.5. The standard InChI is InChI=1S/C23H24ClNO5S2/c1-13(2)9-16-5-7-17(8-6-16)20-12-19(22(31-20)30-23(26)27)25-32(28,29)21-11-14(3)18(24)10-15(21)4/h5-8,10-13,25H,9H2,1-4H3,(H,26,27). The third-order valence-corrected chi connectivity index (χ3v) is 7.73. The van der Waals surface area contributed by atoms with Gasteiger partial charge in [-0.15, -0.1) is 0 Å². The summed E-state index contributed by atoms with van der Waals surface area (Å²) in [6.07, 6.45) is -0.576. The van der Waals surface area contributed by atoms with Crippen LogP contribution in [0.5, 0.6) is 5.06 Å². The Balaban J connectivity index is 1.98. The van der Waals surface area contributed by atoms with Crippen LogP contribution in [0.2, 0.25) is 5.02 Å². The van der Waals surface area contributed by atoms with Crippen LogP contribution in [0.15, 0.2) is 47.4 Å². The Labute approximate surface area is 196 Å². The van der Waals surface area contributed by atoms with Gasteiger partial charge in [-0.1, -0.05) is 61.1 Å². The van der Waals surface area contributed by atoms with E-state index in [1.807, 2.05) is 24.3 Å². The van der Waals surface area contributed by atoms with Crippen LogP contribution in [0.1, 0.15) is 30.5 Å². The number of sulfonamides is 1. The smallest absolute Gasteiger partial charge is 0.449 e. The van der Waals surface area contributed by atoms with Crippen molar-refractivity contribution in [3.8, 4) is 15.5 Å². The van der Waals surface area contributed by atoms with E-state index in [2.05, 4.69) is 18.6 Å². The second kappa shape index (κ2) is 9.52. The van der Waals surface area contributed by atoms with Gasteiger partial charge in [0.2, 0.25) is 5.06 Å². The third-order valence-electron chi connectivity index (χ3n) is 4.75. The van der Waals surface area contributed by atoms with Crippen LogP contribution in [0.25, 0.3) is 10.4 Å². The normalized spacial score (nSPS) is 11.6. The molecule has 6 nitrogen and oxygen atoms in total. The average Bonchev–Trinajstić information content (AvgIpc) is 3.05. The molecule has 0 aliphatic carbocycles. The van der Waals surface area contributed by atoms with Crippen molar-refractivity contribution in [2.24, 2.45) is 5.92 Å². The fourth-order valence-corrected chi connectivity index (χ4v) is 5.88. The largest absolute Gasteiger partial charge is 0.512 e. The van der Waals surface area contributed by atoms with E-state index in [-0.39, 0.29) is 15.6 Å². The molecule has 170 valence electrons. The molecule has 0 saturated carbocycles. The van der Waals surface area contributed by atoms with Crippen LogP contribution >= 0.6 is 22.9 Å². The van der Waals surface area contributed by atoms with Crippen LogP contribution < -0.4 is 9.46 Å². The Kier molecular flexibility index (Phi) is 7.17.